The summed E-state index contributed by atoms with van der Waals surface area (Å²) in [6.07, 6.45) is -0.162. The van der Waals surface area contributed by atoms with Crippen molar-refractivity contribution in [3.05, 3.63) is 0 Å². The first kappa shape index (κ1) is 9.71. The van der Waals surface area contributed by atoms with E-state index in [4.69, 9.17) is 4.74 Å². The van der Waals surface area contributed by atoms with Gasteiger partial charge in [0, 0.05) is 24.1 Å². The Labute approximate surface area is 77.4 Å². The van der Waals surface area contributed by atoms with Gasteiger partial charge in [0.2, 0.25) is 0 Å². The minimum absolute atomic E-state index is 0.162. The second kappa shape index (κ2) is 4.60. The molecule has 1 atom stereocenters. The van der Waals surface area contributed by atoms with E-state index in [0.29, 0.717) is 12.6 Å². The van der Waals surface area contributed by atoms with Gasteiger partial charge >= 0.3 is 6.09 Å². The number of carbonyl (C=O) groups is 1. The lowest BCUT2D eigenvalue weighted by molar-refractivity contribution is 0.0983. The second-order valence-corrected chi connectivity index (χ2v) is 3.97. The molecule has 70 valence electrons. The molecule has 1 aliphatic rings. The fourth-order valence-electron chi connectivity index (χ4n) is 1.20. The predicted molar refractivity (Wildman–Crippen MR) is 50.5 cm³/mol. The van der Waals surface area contributed by atoms with Crippen LogP contribution >= 0.6 is 11.8 Å². The molecule has 0 aromatic carbocycles. The summed E-state index contributed by atoms with van der Waals surface area (Å²) in [5, 5.41) is 0. The summed E-state index contributed by atoms with van der Waals surface area (Å²) in [6, 6.07) is 0.322. The van der Waals surface area contributed by atoms with Gasteiger partial charge in [0.1, 0.15) is 0 Å². The van der Waals surface area contributed by atoms with Gasteiger partial charge in [-0.2, -0.15) is 11.8 Å². The summed E-state index contributed by atoms with van der Waals surface area (Å²) in [6.45, 7) is 5.18. The highest BCUT2D eigenvalue weighted by molar-refractivity contribution is 7.99. The van der Waals surface area contributed by atoms with Crippen molar-refractivity contribution in [1.82, 2.24) is 4.90 Å². The van der Waals surface area contributed by atoms with E-state index in [2.05, 4.69) is 6.92 Å². The first-order valence-corrected chi connectivity index (χ1v) is 5.42. The van der Waals surface area contributed by atoms with Crippen LogP contribution in [0.4, 0.5) is 4.79 Å². The number of hydrogen-bond donors (Lipinski definition) is 0. The van der Waals surface area contributed by atoms with Crippen LogP contribution in [-0.2, 0) is 4.74 Å². The summed E-state index contributed by atoms with van der Waals surface area (Å²) in [7, 11) is 0. The molecule has 12 heavy (non-hydrogen) atoms. The van der Waals surface area contributed by atoms with Gasteiger partial charge in [-0.15, -0.1) is 0 Å². The maximum Gasteiger partial charge on any atom is 0.410 e. The van der Waals surface area contributed by atoms with E-state index >= 15 is 0 Å². The molecule has 1 fully saturated rings. The zero-order valence-corrected chi connectivity index (χ0v) is 8.39. The third kappa shape index (κ3) is 2.30. The summed E-state index contributed by atoms with van der Waals surface area (Å²) >= 11 is 1.89. The Balaban J connectivity index is 2.42. The fourth-order valence-corrected chi connectivity index (χ4v) is 2.22. The number of thioether (sulfide) groups is 1. The number of rotatable bonds is 1. The summed E-state index contributed by atoms with van der Waals surface area (Å²) < 4.78 is 4.93. The minimum Gasteiger partial charge on any atom is -0.450 e. The zero-order chi connectivity index (χ0) is 8.97. The normalized spacial score (nSPS) is 23.8. The van der Waals surface area contributed by atoms with Gasteiger partial charge in [-0.25, -0.2) is 4.79 Å². The van der Waals surface area contributed by atoms with E-state index in [9.17, 15) is 4.79 Å². The highest BCUT2D eigenvalue weighted by Crippen LogP contribution is 2.16. The third-order valence-electron chi connectivity index (χ3n) is 1.87. The lowest BCUT2D eigenvalue weighted by Gasteiger charge is -2.31. The molecule has 0 aliphatic carbocycles. The van der Waals surface area contributed by atoms with E-state index in [1.807, 2.05) is 18.7 Å². The van der Waals surface area contributed by atoms with Crippen LogP contribution in [0.5, 0.6) is 0 Å². The molecule has 1 heterocycles. The quantitative estimate of drug-likeness (QED) is 0.627. The van der Waals surface area contributed by atoms with E-state index < -0.39 is 0 Å². The lowest BCUT2D eigenvalue weighted by Crippen LogP contribution is -2.44. The first-order valence-electron chi connectivity index (χ1n) is 4.27. The Bertz CT molecular complexity index is 163. The van der Waals surface area contributed by atoms with Crippen molar-refractivity contribution in [2.45, 2.75) is 19.9 Å². The Morgan fingerprint density at radius 2 is 2.50 bits per heavy atom. The molecule has 1 unspecified atom stereocenters. The van der Waals surface area contributed by atoms with Gasteiger partial charge in [0.15, 0.2) is 0 Å². The molecule has 0 bridgehead atoms. The maximum atomic E-state index is 11.3. The Hall–Kier alpha value is -0.380. The molecule has 1 rings (SSSR count). The smallest absolute Gasteiger partial charge is 0.410 e. The summed E-state index contributed by atoms with van der Waals surface area (Å²) in [5.41, 5.74) is 0. The van der Waals surface area contributed by atoms with Crippen LogP contribution < -0.4 is 0 Å². The molecule has 1 saturated heterocycles. The largest absolute Gasteiger partial charge is 0.450 e. The summed E-state index contributed by atoms with van der Waals surface area (Å²) in [5.74, 6) is 2.06. The van der Waals surface area contributed by atoms with Crippen LogP contribution in [0, 0.1) is 0 Å². The molecular weight excluding hydrogens is 174 g/mol. The van der Waals surface area contributed by atoms with Crippen molar-refractivity contribution >= 4 is 17.9 Å². The second-order valence-electron chi connectivity index (χ2n) is 2.82. The van der Waals surface area contributed by atoms with Crippen molar-refractivity contribution in [2.75, 3.05) is 24.7 Å². The lowest BCUT2D eigenvalue weighted by atomic mass is 10.3. The third-order valence-corrected chi connectivity index (χ3v) is 3.06. The number of ether oxygens (including phenoxy) is 1. The maximum absolute atomic E-state index is 11.3. The van der Waals surface area contributed by atoms with Crippen LogP contribution in [0.15, 0.2) is 0 Å². The van der Waals surface area contributed by atoms with Gasteiger partial charge in [-0.3, -0.25) is 0 Å². The molecule has 0 aromatic heterocycles. The highest BCUT2D eigenvalue weighted by atomic mass is 32.2. The van der Waals surface area contributed by atoms with Gasteiger partial charge < -0.3 is 9.64 Å². The number of hydrogen-bond acceptors (Lipinski definition) is 3. The topological polar surface area (TPSA) is 29.5 Å². The van der Waals surface area contributed by atoms with Crippen molar-refractivity contribution < 1.29 is 9.53 Å². The molecule has 1 amide bonds. The highest BCUT2D eigenvalue weighted by Gasteiger charge is 2.23. The SMILES string of the molecule is CCOC(=O)N1CCSCC1C. The van der Waals surface area contributed by atoms with E-state index in [1.165, 1.54) is 0 Å². The Morgan fingerprint density at radius 1 is 1.75 bits per heavy atom. The number of carbonyl (C=O) groups excluding carboxylic acids is 1. The van der Waals surface area contributed by atoms with E-state index in [1.54, 1.807) is 4.90 Å². The molecule has 0 radical (unpaired) electrons. The van der Waals surface area contributed by atoms with Crippen LogP contribution in [-0.4, -0.2) is 41.7 Å². The monoisotopic (exact) mass is 189 g/mol. The molecule has 1 aliphatic heterocycles. The average Bonchev–Trinajstić information content (AvgIpc) is 2.05. The molecule has 0 N–H and O–H groups in total. The van der Waals surface area contributed by atoms with Crippen LogP contribution in [0.25, 0.3) is 0 Å². The Morgan fingerprint density at radius 3 is 3.08 bits per heavy atom. The zero-order valence-electron chi connectivity index (χ0n) is 7.58. The first-order chi connectivity index (χ1) is 5.75. The van der Waals surface area contributed by atoms with Crippen LogP contribution in [0.2, 0.25) is 0 Å². The van der Waals surface area contributed by atoms with Crippen molar-refractivity contribution in [3.8, 4) is 0 Å². The molecule has 4 heteroatoms. The Kier molecular flexibility index (Phi) is 3.72. The van der Waals surface area contributed by atoms with Crippen LogP contribution in [0.3, 0.4) is 0 Å². The van der Waals surface area contributed by atoms with Crippen molar-refractivity contribution in [3.63, 3.8) is 0 Å². The number of nitrogens with zero attached hydrogens (tertiary/aromatic N) is 1. The van der Waals surface area contributed by atoms with Crippen molar-refractivity contribution in [1.29, 1.82) is 0 Å². The molecule has 0 saturated carbocycles. The minimum atomic E-state index is -0.162. The number of amides is 1. The van der Waals surface area contributed by atoms with Crippen LogP contribution in [0.1, 0.15) is 13.8 Å². The van der Waals surface area contributed by atoms with E-state index in [-0.39, 0.29) is 6.09 Å². The van der Waals surface area contributed by atoms with Gasteiger partial charge in [0.25, 0.3) is 0 Å². The standard InChI is InChI=1S/C8H15NO2S/c1-3-11-8(10)9-4-5-12-6-7(9)2/h7H,3-6H2,1-2H3. The van der Waals surface area contributed by atoms with Gasteiger partial charge in [-0.1, -0.05) is 0 Å². The van der Waals surface area contributed by atoms with E-state index in [0.717, 1.165) is 18.1 Å². The van der Waals surface area contributed by atoms with Crippen molar-refractivity contribution in [2.24, 2.45) is 0 Å². The fraction of sp³-hybridized carbons (Fsp3) is 0.875. The molecule has 0 spiro atoms. The predicted octanol–water partition coefficient (Wildman–Crippen LogP) is 1.58. The van der Waals surface area contributed by atoms with Gasteiger partial charge in [0.05, 0.1) is 6.61 Å². The molecule has 0 aromatic rings. The average molecular weight is 189 g/mol. The van der Waals surface area contributed by atoms with Gasteiger partial charge in [-0.05, 0) is 13.8 Å². The molecule has 3 nitrogen and oxygen atoms in total. The molecular formula is C8H15NO2S. The summed E-state index contributed by atoms with van der Waals surface area (Å²) in [4.78, 5) is 13.1.